The van der Waals surface area contributed by atoms with E-state index in [1.54, 1.807) is 30.6 Å². The summed E-state index contributed by atoms with van der Waals surface area (Å²) in [7, 11) is 3.52. The fourth-order valence-corrected chi connectivity index (χ4v) is 4.42. The highest BCUT2D eigenvalue weighted by Crippen LogP contribution is 2.33. The van der Waals surface area contributed by atoms with Crippen LogP contribution in [0.3, 0.4) is 0 Å². The average molecular weight is 415 g/mol. The number of anilines is 2. The minimum atomic E-state index is -0.238. The Hall–Kier alpha value is -2.87. The van der Waals surface area contributed by atoms with Crippen LogP contribution in [0.4, 0.5) is 15.2 Å². The van der Waals surface area contributed by atoms with E-state index in [0.29, 0.717) is 13.1 Å². The van der Waals surface area contributed by atoms with Gasteiger partial charge < -0.3 is 19.4 Å². The fourth-order valence-electron chi connectivity index (χ4n) is 3.48. The summed E-state index contributed by atoms with van der Waals surface area (Å²) in [6.45, 7) is 3.05. The second-order valence-electron chi connectivity index (χ2n) is 7.00. The van der Waals surface area contributed by atoms with Gasteiger partial charge in [-0.05, 0) is 36.4 Å². The number of amides is 1. The van der Waals surface area contributed by atoms with Crippen LogP contribution in [0, 0.1) is 5.82 Å². The number of hydrogen-bond donors (Lipinski definition) is 0. The first-order valence-corrected chi connectivity index (χ1v) is 10.3. The maximum atomic E-state index is 13.1. The Morgan fingerprint density at radius 2 is 1.90 bits per heavy atom. The lowest BCUT2D eigenvalue weighted by atomic mass is 10.2. The topological polar surface area (TPSA) is 48.9 Å². The van der Waals surface area contributed by atoms with Crippen molar-refractivity contribution in [2.45, 2.75) is 0 Å². The number of benzene rings is 2. The van der Waals surface area contributed by atoms with Crippen molar-refractivity contribution in [3.63, 3.8) is 0 Å². The van der Waals surface area contributed by atoms with E-state index in [4.69, 9.17) is 4.74 Å². The van der Waals surface area contributed by atoms with Gasteiger partial charge in [0.25, 0.3) is 0 Å². The second-order valence-corrected chi connectivity index (χ2v) is 8.01. The van der Waals surface area contributed by atoms with Crippen molar-refractivity contribution < 1.29 is 13.9 Å². The predicted octanol–water partition coefficient (Wildman–Crippen LogP) is 3.23. The standard InChI is InChI=1S/C21H23FN4O2S/c1-24(21-23-20-17(28-2)4-3-5-18(20)29-21)14-19(27)26-12-10-25(11-13-26)16-8-6-15(22)7-9-16/h3-9H,10-14H2,1-2H3. The van der Waals surface area contributed by atoms with Gasteiger partial charge in [-0.3, -0.25) is 4.79 Å². The molecular weight excluding hydrogens is 391 g/mol. The summed E-state index contributed by atoms with van der Waals surface area (Å²) in [5, 5.41) is 0.794. The van der Waals surface area contributed by atoms with Crippen molar-refractivity contribution >= 4 is 38.3 Å². The van der Waals surface area contributed by atoms with E-state index >= 15 is 0 Å². The fraction of sp³-hybridized carbons (Fsp3) is 0.333. The minimum absolute atomic E-state index is 0.0810. The van der Waals surface area contributed by atoms with Gasteiger partial charge in [0.1, 0.15) is 17.1 Å². The van der Waals surface area contributed by atoms with Crippen LogP contribution in [0.1, 0.15) is 0 Å². The summed E-state index contributed by atoms with van der Waals surface area (Å²) in [6, 6.07) is 12.3. The number of hydrogen-bond acceptors (Lipinski definition) is 6. The number of halogens is 1. The van der Waals surface area contributed by atoms with Crippen LogP contribution in [-0.2, 0) is 4.79 Å². The van der Waals surface area contributed by atoms with Crippen molar-refractivity contribution in [1.82, 2.24) is 9.88 Å². The third kappa shape index (κ3) is 4.12. The zero-order valence-corrected chi connectivity index (χ0v) is 17.3. The smallest absolute Gasteiger partial charge is 0.242 e. The number of carbonyl (C=O) groups is 1. The molecule has 4 rings (SSSR count). The Bertz CT molecular complexity index is 1000. The molecule has 0 radical (unpaired) electrons. The minimum Gasteiger partial charge on any atom is -0.494 e. The number of carbonyl (C=O) groups excluding carboxylic acids is 1. The van der Waals surface area contributed by atoms with E-state index in [0.717, 1.165) is 39.9 Å². The lowest BCUT2D eigenvalue weighted by Crippen LogP contribution is -2.51. The van der Waals surface area contributed by atoms with E-state index in [2.05, 4.69) is 9.88 Å². The van der Waals surface area contributed by atoms with Crippen LogP contribution < -0.4 is 14.5 Å². The van der Waals surface area contributed by atoms with Crippen LogP contribution in [-0.4, -0.2) is 62.7 Å². The van der Waals surface area contributed by atoms with E-state index in [9.17, 15) is 9.18 Å². The molecule has 29 heavy (non-hydrogen) atoms. The molecule has 1 aliphatic heterocycles. The number of methoxy groups -OCH3 is 1. The first-order chi connectivity index (χ1) is 14.0. The predicted molar refractivity (Wildman–Crippen MR) is 115 cm³/mol. The molecule has 0 saturated carbocycles. The molecule has 0 unspecified atom stereocenters. The Morgan fingerprint density at radius 1 is 1.17 bits per heavy atom. The van der Waals surface area contributed by atoms with Crippen LogP contribution >= 0.6 is 11.3 Å². The molecule has 2 aromatic carbocycles. The second kappa shape index (κ2) is 8.24. The van der Waals surface area contributed by atoms with Gasteiger partial charge in [-0.15, -0.1) is 0 Å². The van der Waals surface area contributed by atoms with Crippen molar-refractivity contribution in [3.8, 4) is 5.75 Å². The average Bonchev–Trinajstić information content (AvgIpc) is 3.19. The monoisotopic (exact) mass is 414 g/mol. The molecular formula is C21H23FN4O2S. The molecule has 0 atom stereocenters. The van der Waals surface area contributed by atoms with Crippen LogP contribution in [0.15, 0.2) is 42.5 Å². The number of nitrogens with zero attached hydrogens (tertiary/aromatic N) is 4. The Balaban J connectivity index is 1.36. The molecule has 0 N–H and O–H groups in total. The summed E-state index contributed by atoms with van der Waals surface area (Å²) < 4.78 is 19.5. The van der Waals surface area contributed by atoms with E-state index in [1.807, 2.05) is 35.0 Å². The van der Waals surface area contributed by atoms with Crippen molar-refractivity contribution in [1.29, 1.82) is 0 Å². The highest BCUT2D eigenvalue weighted by Gasteiger charge is 2.23. The van der Waals surface area contributed by atoms with E-state index < -0.39 is 0 Å². The van der Waals surface area contributed by atoms with E-state index in [1.165, 1.54) is 12.1 Å². The van der Waals surface area contributed by atoms with Crippen molar-refractivity contribution in [2.24, 2.45) is 0 Å². The normalized spacial score (nSPS) is 14.3. The Morgan fingerprint density at radius 3 is 2.59 bits per heavy atom. The first-order valence-electron chi connectivity index (χ1n) is 9.48. The molecule has 3 aromatic rings. The molecule has 0 spiro atoms. The van der Waals surface area contributed by atoms with Gasteiger partial charge in [-0.25, -0.2) is 9.37 Å². The summed E-state index contributed by atoms with van der Waals surface area (Å²) >= 11 is 1.55. The molecule has 152 valence electrons. The quantitative estimate of drug-likeness (QED) is 0.642. The molecule has 1 amide bonds. The number of rotatable bonds is 5. The molecule has 8 heteroatoms. The highest BCUT2D eigenvalue weighted by molar-refractivity contribution is 7.22. The van der Waals surface area contributed by atoms with Crippen molar-refractivity contribution in [3.05, 3.63) is 48.3 Å². The van der Waals surface area contributed by atoms with Gasteiger partial charge in [0.15, 0.2) is 5.13 Å². The Labute approximate surface area is 173 Å². The number of ether oxygens (including phenoxy) is 1. The third-order valence-corrected chi connectivity index (χ3v) is 6.25. The van der Waals surface area contributed by atoms with Gasteiger partial charge in [0.2, 0.25) is 5.91 Å². The number of fused-ring (bicyclic) bond motifs is 1. The molecule has 1 aromatic heterocycles. The van der Waals surface area contributed by atoms with Crippen LogP contribution in [0.2, 0.25) is 0 Å². The van der Waals surface area contributed by atoms with Gasteiger partial charge in [0.05, 0.1) is 18.4 Å². The largest absolute Gasteiger partial charge is 0.494 e. The summed E-state index contributed by atoms with van der Waals surface area (Å²) in [5.74, 6) is 0.581. The molecule has 0 aliphatic carbocycles. The number of para-hydroxylation sites is 1. The first kappa shape index (κ1) is 19.4. The number of thiazole rings is 1. The van der Waals surface area contributed by atoms with E-state index in [-0.39, 0.29) is 18.3 Å². The third-order valence-electron chi connectivity index (χ3n) is 5.11. The molecule has 1 fully saturated rings. The maximum Gasteiger partial charge on any atom is 0.242 e. The molecule has 0 bridgehead atoms. The van der Waals surface area contributed by atoms with Gasteiger partial charge >= 0.3 is 0 Å². The van der Waals surface area contributed by atoms with Crippen LogP contribution in [0.25, 0.3) is 10.2 Å². The SMILES string of the molecule is COc1cccc2sc(N(C)CC(=O)N3CCN(c4ccc(F)cc4)CC3)nc12. The van der Waals surface area contributed by atoms with Crippen molar-refractivity contribution in [2.75, 3.05) is 56.7 Å². The lowest BCUT2D eigenvalue weighted by Gasteiger charge is -2.36. The summed E-state index contributed by atoms with van der Waals surface area (Å²) in [5.41, 5.74) is 1.81. The van der Waals surface area contributed by atoms with Gasteiger partial charge in [-0.2, -0.15) is 0 Å². The Kier molecular flexibility index (Phi) is 5.53. The number of piperazine rings is 1. The van der Waals surface area contributed by atoms with Gasteiger partial charge in [-0.1, -0.05) is 17.4 Å². The summed E-state index contributed by atoms with van der Waals surface area (Å²) in [6.07, 6.45) is 0. The maximum absolute atomic E-state index is 13.1. The molecule has 6 nitrogen and oxygen atoms in total. The molecule has 1 saturated heterocycles. The van der Waals surface area contributed by atoms with Crippen LogP contribution in [0.5, 0.6) is 5.75 Å². The summed E-state index contributed by atoms with van der Waals surface area (Å²) in [4.78, 5) is 23.4. The molecule has 2 heterocycles. The zero-order valence-electron chi connectivity index (χ0n) is 16.5. The van der Waals surface area contributed by atoms with Gasteiger partial charge in [0, 0.05) is 38.9 Å². The zero-order chi connectivity index (χ0) is 20.4. The number of likely N-dealkylation sites (N-methyl/N-ethyl adjacent to an activating group) is 1. The lowest BCUT2D eigenvalue weighted by molar-refractivity contribution is -0.129. The number of aromatic nitrogens is 1. The molecule has 1 aliphatic rings. The highest BCUT2D eigenvalue weighted by atomic mass is 32.1.